The quantitative estimate of drug-likeness (QED) is 0.870. The average Bonchev–Trinajstić information content (AvgIpc) is 2.40. The fourth-order valence-corrected chi connectivity index (χ4v) is 3.57. The number of rotatable bonds is 5. The molecule has 2 heteroatoms. The molecule has 0 saturated carbocycles. The number of aryl methyl sites for hydroxylation is 1. The molecule has 0 radical (unpaired) electrons. The number of anilines is 1. The van der Waals surface area contributed by atoms with Crippen LogP contribution in [-0.2, 0) is 0 Å². The molecule has 1 aliphatic heterocycles. The van der Waals surface area contributed by atoms with Gasteiger partial charge in [-0.3, -0.25) is 0 Å². The van der Waals surface area contributed by atoms with Gasteiger partial charge < -0.3 is 10.2 Å². The Labute approximate surface area is 118 Å². The van der Waals surface area contributed by atoms with Crippen LogP contribution < -0.4 is 10.2 Å². The van der Waals surface area contributed by atoms with Crippen molar-refractivity contribution in [3.63, 3.8) is 0 Å². The summed E-state index contributed by atoms with van der Waals surface area (Å²) in [6, 6.07) is 8.71. The molecule has 2 nitrogen and oxygen atoms in total. The van der Waals surface area contributed by atoms with Crippen LogP contribution in [0.3, 0.4) is 0 Å². The molecular weight excluding hydrogens is 232 g/mol. The number of piperidine rings is 1. The molecule has 1 N–H and O–H groups in total. The van der Waals surface area contributed by atoms with Crippen LogP contribution in [0.4, 0.5) is 5.69 Å². The summed E-state index contributed by atoms with van der Waals surface area (Å²) < 4.78 is 0. The highest BCUT2D eigenvalue weighted by atomic mass is 15.1. The standard InChI is InChI=1S/C17H28N2/c1-4-10-17(11-7-12-18-13-17)14-19(3)16-9-6-5-8-15(16)2/h5-6,8-9,18H,4,7,10-14H2,1-3H3. The van der Waals surface area contributed by atoms with Gasteiger partial charge in [0.2, 0.25) is 0 Å². The van der Waals surface area contributed by atoms with Crippen LogP contribution in [0.1, 0.15) is 38.2 Å². The maximum absolute atomic E-state index is 3.61. The number of hydrogen-bond donors (Lipinski definition) is 1. The topological polar surface area (TPSA) is 15.3 Å². The Bertz CT molecular complexity index is 388. The third-order valence-corrected chi connectivity index (χ3v) is 4.44. The summed E-state index contributed by atoms with van der Waals surface area (Å²) >= 11 is 0. The second kappa shape index (κ2) is 6.42. The minimum absolute atomic E-state index is 0.462. The smallest absolute Gasteiger partial charge is 0.0393 e. The monoisotopic (exact) mass is 260 g/mol. The lowest BCUT2D eigenvalue weighted by molar-refractivity contribution is 0.197. The molecule has 1 saturated heterocycles. The maximum atomic E-state index is 3.61. The van der Waals surface area contributed by atoms with E-state index in [1.807, 2.05) is 0 Å². The molecule has 1 unspecified atom stereocenters. The first-order valence-electron chi connectivity index (χ1n) is 7.64. The van der Waals surface area contributed by atoms with Gasteiger partial charge in [-0.05, 0) is 44.4 Å². The summed E-state index contributed by atoms with van der Waals surface area (Å²) in [5, 5.41) is 3.61. The maximum Gasteiger partial charge on any atom is 0.0393 e. The van der Waals surface area contributed by atoms with E-state index in [1.54, 1.807) is 0 Å². The second-order valence-electron chi connectivity index (χ2n) is 6.17. The summed E-state index contributed by atoms with van der Waals surface area (Å²) in [6.07, 6.45) is 5.30. The first kappa shape index (κ1) is 14.4. The number of nitrogens with one attached hydrogen (secondary N) is 1. The lowest BCUT2D eigenvalue weighted by atomic mass is 9.76. The van der Waals surface area contributed by atoms with Gasteiger partial charge in [-0.15, -0.1) is 0 Å². The molecule has 1 aromatic rings. The Morgan fingerprint density at radius 1 is 1.32 bits per heavy atom. The highest BCUT2D eigenvalue weighted by Crippen LogP contribution is 2.34. The molecule has 106 valence electrons. The van der Waals surface area contributed by atoms with E-state index in [0.29, 0.717) is 5.41 Å². The zero-order valence-electron chi connectivity index (χ0n) is 12.7. The van der Waals surface area contributed by atoms with E-state index >= 15 is 0 Å². The largest absolute Gasteiger partial charge is 0.374 e. The van der Waals surface area contributed by atoms with E-state index in [-0.39, 0.29) is 0 Å². The molecule has 1 atom stereocenters. The van der Waals surface area contributed by atoms with E-state index in [0.717, 1.165) is 0 Å². The molecule has 1 aliphatic rings. The lowest BCUT2D eigenvalue weighted by Crippen LogP contribution is -2.47. The van der Waals surface area contributed by atoms with Gasteiger partial charge in [-0.25, -0.2) is 0 Å². The van der Waals surface area contributed by atoms with Crippen LogP contribution in [0.25, 0.3) is 0 Å². The van der Waals surface area contributed by atoms with Gasteiger partial charge in [0.1, 0.15) is 0 Å². The fraction of sp³-hybridized carbons (Fsp3) is 0.647. The highest BCUT2D eigenvalue weighted by molar-refractivity contribution is 5.52. The predicted octanol–water partition coefficient (Wildman–Crippen LogP) is 3.60. The van der Waals surface area contributed by atoms with Crippen molar-refractivity contribution in [2.24, 2.45) is 5.41 Å². The molecule has 0 aliphatic carbocycles. The number of nitrogens with zero attached hydrogens (tertiary/aromatic N) is 1. The van der Waals surface area contributed by atoms with Gasteiger partial charge in [0.15, 0.2) is 0 Å². The van der Waals surface area contributed by atoms with E-state index in [2.05, 4.69) is 55.4 Å². The summed E-state index contributed by atoms with van der Waals surface area (Å²) in [5.74, 6) is 0. The van der Waals surface area contributed by atoms with Crippen molar-refractivity contribution in [1.82, 2.24) is 5.32 Å². The van der Waals surface area contributed by atoms with Crippen LogP contribution in [0.15, 0.2) is 24.3 Å². The summed E-state index contributed by atoms with van der Waals surface area (Å²) in [4.78, 5) is 2.46. The molecule has 1 aromatic carbocycles. The van der Waals surface area contributed by atoms with Crippen LogP contribution in [0, 0.1) is 12.3 Å². The molecule has 1 fully saturated rings. The molecule has 19 heavy (non-hydrogen) atoms. The highest BCUT2D eigenvalue weighted by Gasteiger charge is 2.32. The van der Waals surface area contributed by atoms with E-state index < -0.39 is 0 Å². The molecule has 0 bridgehead atoms. The van der Waals surface area contributed by atoms with Gasteiger partial charge in [0, 0.05) is 31.2 Å². The third kappa shape index (κ3) is 3.50. The van der Waals surface area contributed by atoms with Crippen LogP contribution in [-0.4, -0.2) is 26.7 Å². The van der Waals surface area contributed by atoms with Crippen LogP contribution in [0.2, 0.25) is 0 Å². The minimum Gasteiger partial charge on any atom is -0.374 e. The van der Waals surface area contributed by atoms with Crippen molar-refractivity contribution in [2.45, 2.75) is 39.5 Å². The van der Waals surface area contributed by atoms with Gasteiger partial charge in [0.25, 0.3) is 0 Å². The minimum atomic E-state index is 0.462. The van der Waals surface area contributed by atoms with Crippen molar-refractivity contribution in [2.75, 3.05) is 31.6 Å². The van der Waals surface area contributed by atoms with Crippen LogP contribution in [0.5, 0.6) is 0 Å². The molecule has 2 rings (SSSR count). The van der Waals surface area contributed by atoms with Crippen molar-refractivity contribution in [1.29, 1.82) is 0 Å². The van der Waals surface area contributed by atoms with Crippen molar-refractivity contribution in [3.8, 4) is 0 Å². The molecule has 0 aromatic heterocycles. The fourth-order valence-electron chi connectivity index (χ4n) is 3.57. The second-order valence-corrected chi connectivity index (χ2v) is 6.17. The Kier molecular flexibility index (Phi) is 4.87. The average molecular weight is 260 g/mol. The normalized spacial score (nSPS) is 23.3. The molecular formula is C17H28N2. The van der Waals surface area contributed by atoms with Gasteiger partial charge in [-0.2, -0.15) is 0 Å². The number of para-hydroxylation sites is 1. The molecule has 0 spiro atoms. The Balaban J connectivity index is 2.10. The Hall–Kier alpha value is -1.02. The van der Waals surface area contributed by atoms with E-state index in [4.69, 9.17) is 0 Å². The van der Waals surface area contributed by atoms with Gasteiger partial charge >= 0.3 is 0 Å². The summed E-state index contributed by atoms with van der Waals surface area (Å²) in [5.41, 5.74) is 3.22. The Morgan fingerprint density at radius 2 is 2.11 bits per heavy atom. The van der Waals surface area contributed by atoms with E-state index in [1.165, 1.54) is 56.6 Å². The predicted molar refractivity (Wildman–Crippen MR) is 83.9 cm³/mol. The zero-order valence-corrected chi connectivity index (χ0v) is 12.7. The van der Waals surface area contributed by atoms with Crippen molar-refractivity contribution >= 4 is 5.69 Å². The van der Waals surface area contributed by atoms with Gasteiger partial charge in [0.05, 0.1) is 0 Å². The first-order chi connectivity index (χ1) is 9.17. The Morgan fingerprint density at radius 3 is 2.74 bits per heavy atom. The molecule has 1 heterocycles. The lowest BCUT2D eigenvalue weighted by Gasteiger charge is -2.41. The SMILES string of the molecule is CCCC1(CN(C)c2ccccc2C)CCCNC1. The number of hydrogen-bond acceptors (Lipinski definition) is 2. The zero-order chi connectivity index (χ0) is 13.7. The first-order valence-corrected chi connectivity index (χ1v) is 7.64. The molecule has 0 amide bonds. The summed E-state index contributed by atoms with van der Waals surface area (Å²) in [7, 11) is 2.24. The summed E-state index contributed by atoms with van der Waals surface area (Å²) in [6.45, 7) is 8.05. The number of benzene rings is 1. The van der Waals surface area contributed by atoms with Crippen LogP contribution >= 0.6 is 0 Å². The van der Waals surface area contributed by atoms with Gasteiger partial charge in [-0.1, -0.05) is 31.5 Å². The van der Waals surface area contributed by atoms with Crippen molar-refractivity contribution in [3.05, 3.63) is 29.8 Å². The van der Waals surface area contributed by atoms with Crippen molar-refractivity contribution < 1.29 is 0 Å². The third-order valence-electron chi connectivity index (χ3n) is 4.44. The van der Waals surface area contributed by atoms with E-state index in [9.17, 15) is 0 Å².